The lowest BCUT2D eigenvalue weighted by atomic mass is 10.2. The molecule has 16 heteroatoms. The molecule has 2 atom stereocenters. The van der Waals surface area contributed by atoms with Crippen molar-refractivity contribution in [2.45, 2.75) is 25.1 Å². The van der Waals surface area contributed by atoms with Gasteiger partial charge in [-0.15, -0.1) is 0 Å². The van der Waals surface area contributed by atoms with Crippen molar-refractivity contribution in [2.75, 3.05) is 6.29 Å². The Kier molecular flexibility index (Phi) is 10.4. The second-order valence-corrected chi connectivity index (χ2v) is 11.6. The zero-order chi connectivity index (χ0) is 30.2. The Morgan fingerprint density at radius 1 is 0.927 bits per heavy atom. The number of nitrogens with zero attached hydrogens (tertiary/aromatic N) is 3. The molecule has 1 N–H and O–H groups in total. The molecule has 0 aliphatic carbocycles. The van der Waals surface area contributed by atoms with Crippen LogP contribution in [0.2, 0.25) is 0 Å². The summed E-state index contributed by atoms with van der Waals surface area (Å²) >= 11 is -2.32. The number of carbonyl (C=O) groups is 2. The SMILES string of the molecule is CCC(C(=O)O)N(CP(=O)(Oc1cccc([N+](=O)[O-])c1)Oc1cccc([N+](=O)[O-])c1)C(=O)[S+]([O-])Cc1ccccc1. The Labute approximate surface area is 236 Å². The van der Waals surface area contributed by atoms with Crippen LogP contribution in [0.5, 0.6) is 11.5 Å². The maximum absolute atomic E-state index is 14.2. The summed E-state index contributed by atoms with van der Waals surface area (Å²) < 4.78 is 38.3. The first-order valence-electron chi connectivity index (χ1n) is 11.9. The largest absolute Gasteiger partial charge is 0.607 e. The number of nitro benzene ring substituents is 2. The second kappa shape index (κ2) is 13.7. The van der Waals surface area contributed by atoms with Gasteiger partial charge in [0.05, 0.1) is 33.2 Å². The highest BCUT2D eigenvalue weighted by Gasteiger charge is 2.43. The maximum Gasteiger partial charge on any atom is 0.450 e. The third-order valence-corrected chi connectivity index (χ3v) is 8.34. The summed E-state index contributed by atoms with van der Waals surface area (Å²) in [5, 5.41) is 31.1. The molecule has 2 unspecified atom stereocenters. The fourth-order valence-corrected chi connectivity index (χ4v) is 6.51. The highest BCUT2D eigenvalue weighted by molar-refractivity contribution is 8.05. The van der Waals surface area contributed by atoms with Crippen LogP contribution in [0.4, 0.5) is 16.2 Å². The van der Waals surface area contributed by atoms with Gasteiger partial charge >= 0.3 is 18.8 Å². The van der Waals surface area contributed by atoms with E-state index in [0.29, 0.717) is 10.5 Å². The molecule has 3 rings (SSSR count). The summed E-state index contributed by atoms with van der Waals surface area (Å²) in [6, 6.07) is 15.7. The van der Waals surface area contributed by atoms with E-state index in [2.05, 4.69) is 0 Å². The van der Waals surface area contributed by atoms with Crippen molar-refractivity contribution in [3.63, 3.8) is 0 Å². The van der Waals surface area contributed by atoms with E-state index in [4.69, 9.17) is 9.05 Å². The number of carboxylic acids is 1. The molecule has 0 saturated carbocycles. The topological polar surface area (TPSA) is 202 Å². The van der Waals surface area contributed by atoms with Gasteiger partial charge in [0.25, 0.3) is 11.4 Å². The van der Waals surface area contributed by atoms with E-state index in [-0.39, 0.29) is 23.7 Å². The van der Waals surface area contributed by atoms with Gasteiger partial charge in [0.15, 0.2) is 6.29 Å². The molecule has 41 heavy (non-hydrogen) atoms. The Bertz CT molecular complexity index is 1410. The number of hydrogen-bond donors (Lipinski definition) is 1. The first-order valence-corrected chi connectivity index (χ1v) is 14.9. The van der Waals surface area contributed by atoms with E-state index >= 15 is 0 Å². The first-order chi connectivity index (χ1) is 19.4. The molecule has 0 radical (unpaired) electrons. The summed E-state index contributed by atoms with van der Waals surface area (Å²) in [5.74, 6) is -2.41. The predicted octanol–water partition coefficient (Wildman–Crippen LogP) is 5.35. The maximum atomic E-state index is 14.2. The van der Waals surface area contributed by atoms with Gasteiger partial charge in [-0.2, -0.15) is 0 Å². The van der Waals surface area contributed by atoms with Gasteiger partial charge in [0.1, 0.15) is 23.3 Å². The highest BCUT2D eigenvalue weighted by Crippen LogP contribution is 2.50. The van der Waals surface area contributed by atoms with Gasteiger partial charge in [0, 0.05) is 17.7 Å². The van der Waals surface area contributed by atoms with Gasteiger partial charge in [-0.1, -0.05) is 49.4 Å². The molecule has 3 aromatic carbocycles. The number of carbonyl (C=O) groups excluding carboxylic acids is 1. The van der Waals surface area contributed by atoms with Crippen molar-refractivity contribution in [1.82, 2.24) is 4.90 Å². The minimum absolute atomic E-state index is 0.183. The summed E-state index contributed by atoms with van der Waals surface area (Å²) in [7, 11) is -4.74. The molecule has 0 fully saturated rings. The van der Waals surface area contributed by atoms with Crippen LogP contribution in [0.15, 0.2) is 78.9 Å². The number of aliphatic carboxylic acids is 1. The number of rotatable bonds is 13. The molecule has 0 saturated heterocycles. The number of hydrogen-bond acceptors (Lipinski definition) is 10. The fraction of sp³-hybridized carbons (Fsp3) is 0.200. The zero-order valence-electron chi connectivity index (χ0n) is 21.4. The van der Waals surface area contributed by atoms with Gasteiger partial charge in [-0.05, 0) is 18.6 Å². The van der Waals surface area contributed by atoms with Crippen LogP contribution in [-0.4, -0.2) is 47.9 Å². The minimum Gasteiger partial charge on any atom is -0.607 e. The summed E-state index contributed by atoms with van der Waals surface area (Å²) in [4.78, 5) is 47.1. The average Bonchev–Trinajstić information content (AvgIpc) is 2.93. The van der Waals surface area contributed by atoms with Gasteiger partial charge in [-0.3, -0.25) is 25.1 Å². The smallest absolute Gasteiger partial charge is 0.450 e. The van der Waals surface area contributed by atoms with Gasteiger partial charge in [0.2, 0.25) is 0 Å². The molecular formula is C25H24N3O11PS. The predicted molar refractivity (Wildman–Crippen MR) is 147 cm³/mol. The summed E-state index contributed by atoms with van der Waals surface area (Å²) in [5.41, 5.74) is -0.345. The van der Waals surface area contributed by atoms with Crippen molar-refractivity contribution in [3.05, 3.63) is 105 Å². The van der Waals surface area contributed by atoms with Crippen LogP contribution >= 0.6 is 7.60 Å². The Morgan fingerprint density at radius 3 is 1.88 bits per heavy atom. The molecule has 14 nitrogen and oxygen atoms in total. The van der Waals surface area contributed by atoms with E-state index in [1.54, 1.807) is 30.3 Å². The molecular weight excluding hydrogens is 581 g/mol. The van der Waals surface area contributed by atoms with Crippen LogP contribution in [0.25, 0.3) is 0 Å². The molecule has 0 aromatic heterocycles. The molecule has 1 amide bonds. The van der Waals surface area contributed by atoms with E-state index in [0.717, 1.165) is 24.3 Å². The zero-order valence-corrected chi connectivity index (χ0v) is 23.1. The Balaban J connectivity index is 2.04. The highest BCUT2D eigenvalue weighted by atomic mass is 32.2. The number of amides is 1. The second-order valence-electron chi connectivity index (χ2n) is 8.42. The lowest BCUT2D eigenvalue weighted by Crippen LogP contribution is -2.48. The van der Waals surface area contributed by atoms with Crippen molar-refractivity contribution >= 4 is 41.4 Å². The van der Waals surface area contributed by atoms with Crippen LogP contribution < -0.4 is 9.05 Å². The lowest BCUT2D eigenvalue weighted by Gasteiger charge is -2.30. The first kappa shape index (κ1) is 31.1. The Morgan fingerprint density at radius 2 is 1.44 bits per heavy atom. The van der Waals surface area contributed by atoms with Crippen LogP contribution in [0.3, 0.4) is 0 Å². The average molecular weight is 606 g/mol. The number of non-ortho nitro benzene ring substituents is 2. The molecule has 0 heterocycles. The van der Waals surface area contributed by atoms with E-state index < -0.39 is 63.5 Å². The third-order valence-electron chi connectivity index (χ3n) is 5.49. The molecule has 3 aromatic rings. The number of nitro groups is 2. The van der Waals surface area contributed by atoms with E-state index in [9.17, 15) is 44.0 Å². The quantitative estimate of drug-likeness (QED) is 0.114. The third kappa shape index (κ3) is 8.51. The van der Waals surface area contributed by atoms with Crippen molar-refractivity contribution < 1.29 is 42.7 Å². The Hall–Kier alpha value is -4.46. The number of carboxylic acid groups (broad SMARTS) is 1. The summed E-state index contributed by atoms with van der Waals surface area (Å²) in [6.07, 6.45) is -1.24. The van der Waals surface area contributed by atoms with Crippen LogP contribution in [0, 0.1) is 20.2 Å². The van der Waals surface area contributed by atoms with Crippen molar-refractivity contribution in [3.8, 4) is 11.5 Å². The van der Waals surface area contributed by atoms with E-state index in [1.807, 2.05) is 0 Å². The molecule has 0 aliphatic rings. The number of benzene rings is 3. The monoisotopic (exact) mass is 605 g/mol. The van der Waals surface area contributed by atoms with Gasteiger partial charge < -0.3 is 18.7 Å². The molecule has 0 bridgehead atoms. The molecule has 0 spiro atoms. The minimum atomic E-state index is -4.74. The summed E-state index contributed by atoms with van der Waals surface area (Å²) in [6.45, 7) is 1.44. The van der Waals surface area contributed by atoms with Crippen molar-refractivity contribution in [2.24, 2.45) is 0 Å². The van der Waals surface area contributed by atoms with E-state index in [1.165, 1.54) is 31.2 Å². The van der Waals surface area contributed by atoms with Crippen LogP contribution in [-0.2, 0) is 26.3 Å². The van der Waals surface area contributed by atoms with Crippen LogP contribution in [0.1, 0.15) is 18.9 Å². The lowest BCUT2D eigenvalue weighted by molar-refractivity contribution is -0.385. The molecule has 0 aliphatic heterocycles. The fourth-order valence-electron chi connectivity index (χ4n) is 3.62. The standard InChI is InChI=1S/C25H24N3O11PS/c1-2-23(24(29)30)26(25(31)41(37)16-18-8-4-3-5-9-18)17-40(36,38-21-12-6-10-19(14-21)27(32)33)39-22-13-7-11-20(15-22)28(34)35/h3-15,23H,2,16-17H2,1H3,(H,29,30). The normalized spacial score (nSPS) is 12.5. The van der Waals surface area contributed by atoms with Gasteiger partial charge in [-0.25, -0.2) is 14.2 Å². The van der Waals surface area contributed by atoms with Crippen molar-refractivity contribution in [1.29, 1.82) is 0 Å². The molecule has 216 valence electrons.